The predicted octanol–water partition coefficient (Wildman–Crippen LogP) is 0.452. The van der Waals surface area contributed by atoms with Gasteiger partial charge >= 0.3 is 5.97 Å². The van der Waals surface area contributed by atoms with E-state index in [9.17, 15) is 13.2 Å². The molecule has 1 fully saturated rings. The second kappa shape index (κ2) is 3.91. The topological polar surface area (TPSA) is 71.4 Å². The lowest BCUT2D eigenvalue weighted by atomic mass is 10.0. The Morgan fingerprint density at radius 1 is 1.31 bits per heavy atom. The summed E-state index contributed by atoms with van der Waals surface area (Å²) in [7, 11) is -2.84. The highest BCUT2D eigenvalue weighted by molar-refractivity contribution is 7.91. The number of hydrogen-bond acceptors (Lipinski definition) is 3. The van der Waals surface area contributed by atoms with Gasteiger partial charge in [0.25, 0.3) is 0 Å². The Morgan fingerprint density at radius 2 is 1.85 bits per heavy atom. The van der Waals surface area contributed by atoms with Crippen molar-refractivity contribution in [2.75, 3.05) is 11.5 Å². The minimum absolute atomic E-state index is 0.111. The van der Waals surface area contributed by atoms with Crippen molar-refractivity contribution in [2.24, 2.45) is 5.92 Å². The molecular weight excluding hydrogens is 192 g/mol. The first-order valence-corrected chi connectivity index (χ1v) is 5.93. The fraction of sp³-hybridized carbons (Fsp3) is 0.625. The van der Waals surface area contributed by atoms with Crippen LogP contribution in [0.5, 0.6) is 0 Å². The highest BCUT2D eigenvalue weighted by Crippen LogP contribution is 2.19. The van der Waals surface area contributed by atoms with E-state index in [1.807, 2.05) is 0 Å². The van der Waals surface area contributed by atoms with Crippen LogP contribution in [0.1, 0.15) is 12.8 Å². The molecule has 1 saturated heterocycles. The first-order valence-electron chi connectivity index (χ1n) is 4.11. The van der Waals surface area contributed by atoms with Crippen LogP contribution in [0.15, 0.2) is 12.2 Å². The zero-order chi connectivity index (χ0) is 9.90. The molecule has 1 N–H and O–H groups in total. The molecule has 0 aromatic carbocycles. The summed E-state index contributed by atoms with van der Waals surface area (Å²) in [6.07, 6.45) is 3.76. The normalized spacial score (nSPS) is 23.4. The monoisotopic (exact) mass is 204 g/mol. The molecular formula is C8H12O4S. The van der Waals surface area contributed by atoms with Gasteiger partial charge in [-0.3, -0.25) is 0 Å². The Kier molecular flexibility index (Phi) is 3.08. The summed E-state index contributed by atoms with van der Waals surface area (Å²) in [6.45, 7) is 0. The van der Waals surface area contributed by atoms with Gasteiger partial charge in [-0.15, -0.1) is 0 Å². The van der Waals surface area contributed by atoms with Crippen LogP contribution < -0.4 is 0 Å². The van der Waals surface area contributed by atoms with Crippen molar-refractivity contribution in [1.82, 2.24) is 0 Å². The van der Waals surface area contributed by atoms with E-state index < -0.39 is 15.8 Å². The van der Waals surface area contributed by atoms with Crippen LogP contribution in [-0.4, -0.2) is 31.0 Å². The summed E-state index contributed by atoms with van der Waals surface area (Å²) < 4.78 is 22.0. The van der Waals surface area contributed by atoms with Gasteiger partial charge in [0.2, 0.25) is 0 Å². The summed E-state index contributed by atoms with van der Waals surface area (Å²) in [5.41, 5.74) is 0. The Balaban J connectivity index is 2.46. The highest BCUT2D eigenvalue weighted by Gasteiger charge is 2.21. The molecule has 0 radical (unpaired) electrons. The second-order valence-electron chi connectivity index (χ2n) is 3.19. The van der Waals surface area contributed by atoms with Gasteiger partial charge in [-0.1, -0.05) is 6.08 Å². The number of sulfone groups is 1. The number of carbonyl (C=O) groups is 1. The van der Waals surface area contributed by atoms with Gasteiger partial charge in [0, 0.05) is 6.08 Å². The van der Waals surface area contributed by atoms with Gasteiger partial charge in [0.1, 0.15) is 9.84 Å². The third kappa shape index (κ3) is 3.59. The van der Waals surface area contributed by atoms with E-state index in [0.717, 1.165) is 6.08 Å². The van der Waals surface area contributed by atoms with Gasteiger partial charge in [-0.25, -0.2) is 13.2 Å². The van der Waals surface area contributed by atoms with Crippen LogP contribution in [0.25, 0.3) is 0 Å². The van der Waals surface area contributed by atoms with E-state index in [4.69, 9.17) is 5.11 Å². The van der Waals surface area contributed by atoms with Crippen LogP contribution in [0.3, 0.4) is 0 Å². The van der Waals surface area contributed by atoms with E-state index >= 15 is 0 Å². The molecule has 4 nitrogen and oxygen atoms in total. The maximum atomic E-state index is 11.0. The number of carboxylic acid groups (broad SMARTS) is 1. The molecule has 0 atom stereocenters. The Labute approximate surface area is 77.2 Å². The van der Waals surface area contributed by atoms with Crippen LogP contribution >= 0.6 is 0 Å². The molecule has 13 heavy (non-hydrogen) atoms. The molecule has 0 unspecified atom stereocenters. The summed E-state index contributed by atoms with van der Waals surface area (Å²) >= 11 is 0. The molecule has 0 spiro atoms. The van der Waals surface area contributed by atoms with Crippen molar-refractivity contribution >= 4 is 15.8 Å². The smallest absolute Gasteiger partial charge is 0.327 e. The standard InChI is InChI=1S/C8H12O4S/c9-8(10)2-1-7-3-5-13(11,12)6-4-7/h1-2,7H,3-6H2,(H,9,10)/b2-1-. The summed E-state index contributed by atoms with van der Waals surface area (Å²) in [6, 6.07) is 0. The first-order chi connectivity index (χ1) is 5.99. The lowest BCUT2D eigenvalue weighted by molar-refractivity contribution is -0.131. The molecule has 0 bridgehead atoms. The van der Waals surface area contributed by atoms with Crippen molar-refractivity contribution in [3.63, 3.8) is 0 Å². The summed E-state index contributed by atoms with van der Waals surface area (Å²) in [5, 5.41) is 8.34. The van der Waals surface area contributed by atoms with Crippen LogP contribution in [0, 0.1) is 5.92 Å². The Bertz CT molecular complexity index is 301. The van der Waals surface area contributed by atoms with Gasteiger partial charge in [0.05, 0.1) is 11.5 Å². The SMILES string of the molecule is O=C(O)/C=C\C1CCS(=O)(=O)CC1. The van der Waals surface area contributed by atoms with Crippen LogP contribution in [-0.2, 0) is 14.6 Å². The molecule has 0 amide bonds. The number of rotatable bonds is 2. The van der Waals surface area contributed by atoms with E-state index in [1.54, 1.807) is 6.08 Å². The molecule has 1 rings (SSSR count). The van der Waals surface area contributed by atoms with Crippen molar-refractivity contribution in [2.45, 2.75) is 12.8 Å². The number of hydrogen-bond donors (Lipinski definition) is 1. The molecule has 74 valence electrons. The van der Waals surface area contributed by atoms with Gasteiger partial charge in [0.15, 0.2) is 0 Å². The van der Waals surface area contributed by atoms with E-state index in [-0.39, 0.29) is 17.4 Å². The molecule has 5 heteroatoms. The number of carboxylic acids is 1. The third-order valence-electron chi connectivity index (χ3n) is 2.11. The summed E-state index contributed by atoms with van der Waals surface area (Å²) in [5.74, 6) is -0.503. The minimum atomic E-state index is -2.84. The largest absolute Gasteiger partial charge is 0.478 e. The molecule has 0 aromatic heterocycles. The molecule has 1 aliphatic rings. The van der Waals surface area contributed by atoms with E-state index in [2.05, 4.69) is 0 Å². The molecule has 0 saturated carbocycles. The van der Waals surface area contributed by atoms with Crippen molar-refractivity contribution in [1.29, 1.82) is 0 Å². The fourth-order valence-electron chi connectivity index (χ4n) is 1.32. The fourth-order valence-corrected chi connectivity index (χ4v) is 2.85. The predicted molar refractivity (Wildman–Crippen MR) is 48.2 cm³/mol. The molecule has 1 heterocycles. The Hall–Kier alpha value is -0.840. The zero-order valence-electron chi connectivity index (χ0n) is 7.14. The van der Waals surface area contributed by atoms with Gasteiger partial charge in [-0.05, 0) is 18.8 Å². The first kappa shape index (κ1) is 10.2. The van der Waals surface area contributed by atoms with Gasteiger partial charge in [-0.2, -0.15) is 0 Å². The summed E-state index contributed by atoms with van der Waals surface area (Å²) in [4.78, 5) is 10.2. The van der Waals surface area contributed by atoms with Gasteiger partial charge < -0.3 is 5.11 Å². The van der Waals surface area contributed by atoms with Crippen LogP contribution in [0.4, 0.5) is 0 Å². The maximum Gasteiger partial charge on any atom is 0.327 e. The average Bonchev–Trinajstić information content (AvgIpc) is 2.02. The zero-order valence-corrected chi connectivity index (χ0v) is 7.96. The molecule has 1 aliphatic heterocycles. The number of aliphatic carboxylic acids is 1. The molecule has 0 aromatic rings. The minimum Gasteiger partial charge on any atom is -0.478 e. The average molecular weight is 204 g/mol. The maximum absolute atomic E-state index is 11.0. The van der Waals surface area contributed by atoms with Crippen molar-refractivity contribution < 1.29 is 18.3 Å². The Morgan fingerprint density at radius 3 is 2.31 bits per heavy atom. The quantitative estimate of drug-likeness (QED) is 0.663. The lowest BCUT2D eigenvalue weighted by Gasteiger charge is -2.17. The third-order valence-corrected chi connectivity index (χ3v) is 3.83. The van der Waals surface area contributed by atoms with Crippen molar-refractivity contribution in [3.05, 3.63) is 12.2 Å². The highest BCUT2D eigenvalue weighted by atomic mass is 32.2. The molecule has 0 aliphatic carbocycles. The lowest BCUT2D eigenvalue weighted by Crippen LogP contribution is -2.22. The van der Waals surface area contributed by atoms with E-state index in [0.29, 0.717) is 12.8 Å². The number of allylic oxidation sites excluding steroid dienone is 1. The van der Waals surface area contributed by atoms with E-state index in [1.165, 1.54) is 0 Å². The van der Waals surface area contributed by atoms with Crippen molar-refractivity contribution in [3.8, 4) is 0 Å². The second-order valence-corrected chi connectivity index (χ2v) is 5.49. The van der Waals surface area contributed by atoms with Crippen LogP contribution in [0.2, 0.25) is 0 Å².